The molecule has 1 saturated carbocycles. The Kier molecular flexibility index (Phi) is 5.01. The fourth-order valence-electron chi connectivity index (χ4n) is 3.66. The van der Waals surface area contributed by atoms with Crippen molar-refractivity contribution in [2.75, 3.05) is 13.1 Å². The maximum Gasteiger partial charge on any atom is 0.254 e. The minimum atomic E-state index is 0. The first-order valence-electron chi connectivity index (χ1n) is 7.29. The molecule has 3 nitrogen and oxygen atoms in total. The van der Waals surface area contributed by atoms with Crippen molar-refractivity contribution in [1.82, 2.24) is 4.90 Å². The van der Waals surface area contributed by atoms with Crippen LogP contribution in [0.4, 0.5) is 0 Å². The highest BCUT2D eigenvalue weighted by molar-refractivity contribution is 9.10. The van der Waals surface area contributed by atoms with E-state index in [0.717, 1.165) is 40.7 Å². The number of halogens is 2. The number of carbonyl (C=O) groups is 1. The highest BCUT2D eigenvalue weighted by atomic mass is 79.9. The van der Waals surface area contributed by atoms with E-state index in [1.54, 1.807) is 0 Å². The van der Waals surface area contributed by atoms with Crippen LogP contribution in [0, 0.1) is 25.7 Å². The van der Waals surface area contributed by atoms with Gasteiger partial charge in [-0.2, -0.15) is 0 Å². The summed E-state index contributed by atoms with van der Waals surface area (Å²) in [4.78, 5) is 14.7. The Hall–Kier alpha value is -0.580. The molecule has 1 aromatic carbocycles. The van der Waals surface area contributed by atoms with Gasteiger partial charge >= 0.3 is 0 Å². The number of hydrogen-bond donors (Lipinski definition) is 1. The highest BCUT2D eigenvalue weighted by Gasteiger charge is 2.42. The molecule has 1 aromatic rings. The number of rotatable bonds is 1. The summed E-state index contributed by atoms with van der Waals surface area (Å²) in [7, 11) is 0. The van der Waals surface area contributed by atoms with Crippen LogP contribution in [0.5, 0.6) is 0 Å². The van der Waals surface area contributed by atoms with Crippen LogP contribution in [-0.2, 0) is 0 Å². The van der Waals surface area contributed by atoms with Gasteiger partial charge in [0.15, 0.2) is 0 Å². The predicted octanol–water partition coefficient (Wildman–Crippen LogP) is 3.30. The van der Waals surface area contributed by atoms with Gasteiger partial charge < -0.3 is 10.6 Å². The summed E-state index contributed by atoms with van der Waals surface area (Å²) in [5, 5.41) is 0. The van der Waals surface area contributed by atoms with Crippen LogP contribution < -0.4 is 5.73 Å². The Morgan fingerprint density at radius 1 is 1.24 bits per heavy atom. The monoisotopic (exact) mass is 372 g/mol. The molecule has 1 aliphatic heterocycles. The van der Waals surface area contributed by atoms with Crippen molar-refractivity contribution < 1.29 is 4.79 Å². The molecule has 1 saturated heterocycles. The normalized spacial score (nSPS) is 27.4. The van der Waals surface area contributed by atoms with E-state index in [4.69, 9.17) is 5.73 Å². The number of amides is 1. The summed E-state index contributed by atoms with van der Waals surface area (Å²) in [6, 6.07) is 4.31. The van der Waals surface area contributed by atoms with Crippen LogP contribution in [0.3, 0.4) is 0 Å². The van der Waals surface area contributed by atoms with Crippen molar-refractivity contribution in [1.29, 1.82) is 0 Å². The molecular weight excluding hydrogens is 352 g/mol. The third kappa shape index (κ3) is 2.99. The smallest absolute Gasteiger partial charge is 0.254 e. The Balaban J connectivity index is 0.00000161. The molecule has 5 heteroatoms. The molecule has 0 radical (unpaired) electrons. The summed E-state index contributed by atoms with van der Waals surface area (Å²) < 4.78 is 1.06. The Labute approximate surface area is 140 Å². The van der Waals surface area contributed by atoms with Crippen LogP contribution in [0.1, 0.15) is 34.3 Å². The minimum Gasteiger partial charge on any atom is -0.338 e. The number of benzene rings is 1. The number of nitrogens with two attached hydrogens (primary N) is 1. The quantitative estimate of drug-likeness (QED) is 0.821. The SMILES string of the molecule is Cc1cc(C(=O)N2CC3CCC(N)C3C2)c(C)cc1Br.Cl. The van der Waals surface area contributed by atoms with Crippen LogP contribution in [0.15, 0.2) is 16.6 Å². The molecule has 0 bridgehead atoms. The average molecular weight is 374 g/mol. The third-order valence-electron chi connectivity index (χ3n) is 4.94. The molecule has 1 amide bonds. The predicted molar refractivity (Wildman–Crippen MR) is 91.0 cm³/mol. The van der Waals surface area contributed by atoms with E-state index in [0.29, 0.717) is 11.8 Å². The van der Waals surface area contributed by atoms with E-state index in [1.807, 2.05) is 30.9 Å². The van der Waals surface area contributed by atoms with Crippen molar-refractivity contribution in [2.45, 2.75) is 32.7 Å². The molecule has 2 aliphatic rings. The largest absolute Gasteiger partial charge is 0.338 e. The van der Waals surface area contributed by atoms with Gasteiger partial charge in [-0.3, -0.25) is 4.79 Å². The van der Waals surface area contributed by atoms with E-state index in [-0.39, 0.29) is 24.4 Å². The first-order valence-corrected chi connectivity index (χ1v) is 8.08. The summed E-state index contributed by atoms with van der Waals surface area (Å²) in [6.07, 6.45) is 2.29. The highest BCUT2D eigenvalue weighted by Crippen LogP contribution is 2.38. The van der Waals surface area contributed by atoms with E-state index in [2.05, 4.69) is 15.9 Å². The van der Waals surface area contributed by atoms with Crippen molar-refractivity contribution in [3.8, 4) is 0 Å². The molecule has 0 aromatic heterocycles. The van der Waals surface area contributed by atoms with E-state index in [1.165, 1.54) is 6.42 Å². The number of likely N-dealkylation sites (tertiary alicyclic amines) is 1. The second kappa shape index (κ2) is 6.27. The van der Waals surface area contributed by atoms with Gasteiger partial charge in [0, 0.05) is 29.2 Å². The molecule has 3 unspecified atom stereocenters. The molecule has 2 N–H and O–H groups in total. The van der Waals surface area contributed by atoms with Gasteiger partial charge in [-0.1, -0.05) is 15.9 Å². The molecule has 21 heavy (non-hydrogen) atoms. The van der Waals surface area contributed by atoms with Gasteiger partial charge in [0.1, 0.15) is 0 Å². The Morgan fingerprint density at radius 2 is 1.95 bits per heavy atom. The van der Waals surface area contributed by atoms with E-state index < -0.39 is 0 Å². The second-order valence-electron chi connectivity index (χ2n) is 6.29. The van der Waals surface area contributed by atoms with Crippen molar-refractivity contribution in [2.24, 2.45) is 17.6 Å². The Morgan fingerprint density at radius 3 is 2.62 bits per heavy atom. The van der Waals surface area contributed by atoms with Gasteiger partial charge in [-0.25, -0.2) is 0 Å². The molecule has 1 heterocycles. The zero-order chi connectivity index (χ0) is 14.4. The molecular formula is C16H22BrClN2O. The lowest BCUT2D eigenvalue weighted by atomic mass is 9.98. The van der Waals surface area contributed by atoms with Gasteiger partial charge in [-0.05, 0) is 61.8 Å². The molecule has 116 valence electrons. The van der Waals surface area contributed by atoms with Gasteiger partial charge in [0.05, 0.1) is 0 Å². The van der Waals surface area contributed by atoms with Crippen molar-refractivity contribution >= 4 is 34.2 Å². The number of fused-ring (bicyclic) bond motifs is 1. The number of aryl methyl sites for hydroxylation is 2. The number of carbonyl (C=O) groups excluding carboxylic acids is 1. The molecule has 3 atom stereocenters. The van der Waals surface area contributed by atoms with Gasteiger partial charge in [-0.15, -0.1) is 12.4 Å². The zero-order valence-electron chi connectivity index (χ0n) is 12.4. The van der Waals surface area contributed by atoms with Crippen LogP contribution in [0.25, 0.3) is 0 Å². The maximum atomic E-state index is 12.7. The number of hydrogen-bond acceptors (Lipinski definition) is 2. The summed E-state index contributed by atoms with van der Waals surface area (Å²) in [5.74, 6) is 1.29. The summed E-state index contributed by atoms with van der Waals surface area (Å²) in [5.41, 5.74) is 9.13. The standard InChI is InChI=1S/C16H21BrN2O.ClH/c1-9-6-14(17)10(2)5-12(9)16(20)19-7-11-3-4-15(18)13(11)8-19;/h5-6,11,13,15H,3-4,7-8,18H2,1-2H3;1H. The maximum absolute atomic E-state index is 12.7. The van der Waals surface area contributed by atoms with Gasteiger partial charge in [0.2, 0.25) is 0 Å². The first-order chi connectivity index (χ1) is 9.47. The van der Waals surface area contributed by atoms with E-state index in [9.17, 15) is 4.79 Å². The summed E-state index contributed by atoms with van der Waals surface area (Å²) >= 11 is 3.52. The van der Waals surface area contributed by atoms with E-state index >= 15 is 0 Å². The fraction of sp³-hybridized carbons (Fsp3) is 0.562. The lowest BCUT2D eigenvalue weighted by molar-refractivity contribution is 0.0779. The minimum absolute atomic E-state index is 0. The lowest BCUT2D eigenvalue weighted by Crippen LogP contribution is -2.33. The van der Waals surface area contributed by atoms with Crippen molar-refractivity contribution in [3.63, 3.8) is 0 Å². The van der Waals surface area contributed by atoms with Crippen LogP contribution in [-0.4, -0.2) is 29.9 Å². The molecule has 0 spiro atoms. The Bertz CT molecular complexity index is 563. The van der Waals surface area contributed by atoms with Gasteiger partial charge in [0.25, 0.3) is 5.91 Å². The van der Waals surface area contributed by atoms with Crippen LogP contribution >= 0.6 is 28.3 Å². The average Bonchev–Trinajstić information content (AvgIpc) is 2.96. The lowest BCUT2D eigenvalue weighted by Gasteiger charge is -2.20. The molecule has 3 rings (SSSR count). The number of nitrogens with zero attached hydrogens (tertiary/aromatic N) is 1. The first kappa shape index (κ1) is 16.8. The fourth-order valence-corrected chi connectivity index (χ4v) is 4.11. The second-order valence-corrected chi connectivity index (χ2v) is 7.15. The molecule has 2 fully saturated rings. The van der Waals surface area contributed by atoms with Crippen molar-refractivity contribution in [3.05, 3.63) is 33.3 Å². The zero-order valence-corrected chi connectivity index (χ0v) is 14.8. The topological polar surface area (TPSA) is 46.3 Å². The van der Waals surface area contributed by atoms with Crippen LogP contribution in [0.2, 0.25) is 0 Å². The summed E-state index contributed by atoms with van der Waals surface area (Å²) in [6.45, 7) is 5.74. The third-order valence-corrected chi connectivity index (χ3v) is 5.79. The molecule has 1 aliphatic carbocycles.